The Morgan fingerprint density at radius 3 is 2.50 bits per heavy atom. The molecule has 3 aromatic carbocycles. The van der Waals surface area contributed by atoms with Crippen LogP contribution in [0.5, 0.6) is 5.75 Å². The topological polar surface area (TPSA) is 55.4 Å². The number of methoxy groups -OCH3 is 1. The fourth-order valence-corrected chi connectivity index (χ4v) is 8.56. The van der Waals surface area contributed by atoms with Gasteiger partial charge in [-0.2, -0.15) is 0 Å². The van der Waals surface area contributed by atoms with Crippen LogP contribution in [0, 0.1) is 11.3 Å². The highest BCUT2D eigenvalue weighted by atomic mass is 32.2. The largest absolute Gasteiger partial charge is 0.496 e. The Labute approximate surface area is 216 Å². The number of nitrogens with one attached hydrogen (secondary N) is 1. The minimum atomic E-state index is -3.69. The number of aryl methyl sites for hydroxylation is 1. The fraction of sp³-hybridized carbons (Fsp3) is 0.484. The van der Waals surface area contributed by atoms with Gasteiger partial charge in [0.1, 0.15) is 5.75 Å². The average Bonchev–Trinajstić information content (AvgIpc) is 2.86. The summed E-state index contributed by atoms with van der Waals surface area (Å²) < 4.78 is 35.8. The Kier molecular flexibility index (Phi) is 6.45. The molecular formula is C31H39NO3S. The molecule has 0 heterocycles. The third-order valence-corrected chi connectivity index (χ3v) is 10.7. The first-order valence-electron chi connectivity index (χ1n) is 13.3. The number of hydrogen-bond donors (Lipinski definition) is 1. The van der Waals surface area contributed by atoms with Gasteiger partial charge in [-0.3, -0.25) is 0 Å². The van der Waals surface area contributed by atoms with Crippen molar-refractivity contribution in [1.82, 2.24) is 4.72 Å². The minimum absolute atomic E-state index is 0.0732. The highest BCUT2D eigenvalue weighted by Crippen LogP contribution is 2.57. The van der Waals surface area contributed by atoms with Crippen LogP contribution in [0.25, 0.3) is 10.8 Å². The predicted molar refractivity (Wildman–Crippen MR) is 147 cm³/mol. The molecule has 3 aromatic rings. The van der Waals surface area contributed by atoms with Gasteiger partial charge in [-0.1, -0.05) is 76.6 Å². The predicted octanol–water partition coefficient (Wildman–Crippen LogP) is 6.96. The second-order valence-electron chi connectivity index (χ2n) is 11.7. The van der Waals surface area contributed by atoms with Gasteiger partial charge in [-0.05, 0) is 77.2 Å². The molecule has 2 aliphatic rings. The van der Waals surface area contributed by atoms with Gasteiger partial charge in [0.2, 0.25) is 10.0 Å². The van der Waals surface area contributed by atoms with E-state index in [-0.39, 0.29) is 10.8 Å². The second-order valence-corrected chi connectivity index (χ2v) is 13.5. The maximum atomic E-state index is 13.6. The van der Waals surface area contributed by atoms with Crippen LogP contribution in [-0.4, -0.2) is 22.1 Å². The third-order valence-electron chi connectivity index (χ3n) is 9.19. The molecule has 1 saturated carbocycles. The zero-order valence-electron chi connectivity index (χ0n) is 22.2. The molecule has 0 aliphatic heterocycles. The van der Waals surface area contributed by atoms with Crippen molar-refractivity contribution >= 4 is 20.8 Å². The third kappa shape index (κ3) is 4.14. The molecule has 0 aromatic heterocycles. The molecule has 0 amide bonds. The number of benzene rings is 3. The summed E-state index contributed by atoms with van der Waals surface area (Å²) in [7, 11) is -2.08. The summed E-state index contributed by atoms with van der Waals surface area (Å²) in [5, 5.41) is 1.50. The Bertz CT molecular complexity index is 1400. The van der Waals surface area contributed by atoms with E-state index in [4.69, 9.17) is 4.74 Å². The molecule has 0 unspecified atom stereocenters. The highest BCUT2D eigenvalue weighted by Gasteiger charge is 2.51. The minimum Gasteiger partial charge on any atom is -0.496 e. The molecule has 1 N–H and O–H groups in total. The standard InChI is InChI=1S/C31H39NO3S/c1-21(2)23-12-11-22-13-16-29-30(3,17-8-18-31(29,4)26(22)19-23)20-32-36(33,34)28-15-14-27(35-5)24-9-6-7-10-25(24)28/h6-7,9-12,14-15,19,21,29,32H,8,13,16-18,20H2,1-5H3/t29-,30-,31-/m0/s1. The van der Waals surface area contributed by atoms with Crippen LogP contribution in [-0.2, 0) is 21.9 Å². The first-order chi connectivity index (χ1) is 17.1. The fourth-order valence-electron chi connectivity index (χ4n) is 7.17. The van der Waals surface area contributed by atoms with Crippen LogP contribution >= 0.6 is 0 Å². The zero-order valence-corrected chi connectivity index (χ0v) is 23.0. The molecule has 0 spiro atoms. The van der Waals surface area contributed by atoms with Gasteiger partial charge >= 0.3 is 0 Å². The van der Waals surface area contributed by atoms with E-state index in [0.717, 1.165) is 37.5 Å². The summed E-state index contributed by atoms with van der Waals surface area (Å²) in [4.78, 5) is 0.316. The summed E-state index contributed by atoms with van der Waals surface area (Å²) in [5.74, 6) is 1.62. The highest BCUT2D eigenvalue weighted by molar-refractivity contribution is 7.89. The summed E-state index contributed by atoms with van der Waals surface area (Å²) in [6, 6.07) is 18.1. The molecule has 0 radical (unpaired) electrons. The zero-order chi connectivity index (χ0) is 25.7. The average molecular weight is 506 g/mol. The van der Waals surface area contributed by atoms with Gasteiger partial charge in [-0.25, -0.2) is 13.1 Å². The van der Waals surface area contributed by atoms with Crippen molar-refractivity contribution < 1.29 is 13.2 Å². The molecule has 2 aliphatic carbocycles. The monoisotopic (exact) mass is 505 g/mol. The lowest BCUT2D eigenvalue weighted by atomic mass is 9.49. The summed E-state index contributed by atoms with van der Waals surface area (Å²) in [6.07, 6.45) is 5.49. The van der Waals surface area contributed by atoms with E-state index in [2.05, 4.69) is 50.6 Å². The molecule has 5 heteroatoms. The SMILES string of the molecule is COc1ccc(S(=O)(=O)NC[C@]2(C)CCC[C@@]3(C)c4cc(C(C)C)ccc4CC[C@@H]23)c2ccccc12. The molecular weight excluding hydrogens is 466 g/mol. The molecule has 0 saturated heterocycles. The lowest BCUT2D eigenvalue weighted by Crippen LogP contribution is -2.53. The lowest BCUT2D eigenvalue weighted by molar-refractivity contribution is 0.0298. The van der Waals surface area contributed by atoms with E-state index in [0.29, 0.717) is 34.4 Å². The van der Waals surface area contributed by atoms with E-state index in [1.807, 2.05) is 24.3 Å². The van der Waals surface area contributed by atoms with Gasteiger partial charge in [0.15, 0.2) is 0 Å². The quantitative estimate of drug-likeness (QED) is 0.394. The van der Waals surface area contributed by atoms with E-state index in [1.165, 1.54) is 16.7 Å². The van der Waals surface area contributed by atoms with Gasteiger partial charge in [0, 0.05) is 17.3 Å². The molecule has 0 bridgehead atoms. The summed E-state index contributed by atoms with van der Waals surface area (Å²) in [5.41, 5.74) is 4.35. The molecule has 5 rings (SSSR count). The molecule has 4 nitrogen and oxygen atoms in total. The van der Waals surface area contributed by atoms with Crippen LogP contribution in [0.1, 0.15) is 76.0 Å². The number of sulfonamides is 1. The van der Waals surface area contributed by atoms with Crippen LogP contribution < -0.4 is 9.46 Å². The van der Waals surface area contributed by atoms with Crippen LogP contribution in [0.3, 0.4) is 0 Å². The van der Waals surface area contributed by atoms with Gasteiger partial charge < -0.3 is 4.74 Å². The number of hydrogen-bond acceptors (Lipinski definition) is 3. The number of fused-ring (bicyclic) bond motifs is 4. The van der Waals surface area contributed by atoms with E-state index >= 15 is 0 Å². The van der Waals surface area contributed by atoms with Crippen molar-refractivity contribution in [3.05, 3.63) is 71.3 Å². The van der Waals surface area contributed by atoms with Crippen LogP contribution in [0.4, 0.5) is 0 Å². The number of rotatable bonds is 6. The summed E-state index contributed by atoms with van der Waals surface area (Å²) >= 11 is 0. The van der Waals surface area contributed by atoms with E-state index in [9.17, 15) is 8.42 Å². The molecule has 192 valence electrons. The van der Waals surface area contributed by atoms with E-state index in [1.54, 1.807) is 19.2 Å². The van der Waals surface area contributed by atoms with Crippen LogP contribution in [0.2, 0.25) is 0 Å². The van der Waals surface area contributed by atoms with Crippen molar-refractivity contribution in [2.75, 3.05) is 13.7 Å². The first-order valence-corrected chi connectivity index (χ1v) is 14.8. The Morgan fingerprint density at radius 2 is 1.78 bits per heavy atom. The second kappa shape index (κ2) is 9.18. The smallest absolute Gasteiger partial charge is 0.241 e. The Morgan fingerprint density at radius 1 is 1.03 bits per heavy atom. The van der Waals surface area contributed by atoms with Crippen molar-refractivity contribution in [2.45, 2.75) is 76.0 Å². The first kappa shape index (κ1) is 25.3. The van der Waals surface area contributed by atoms with Crippen molar-refractivity contribution in [3.63, 3.8) is 0 Å². The molecule has 3 atom stereocenters. The van der Waals surface area contributed by atoms with E-state index < -0.39 is 10.0 Å². The van der Waals surface area contributed by atoms with Crippen molar-refractivity contribution in [3.8, 4) is 5.75 Å². The Balaban J connectivity index is 1.46. The van der Waals surface area contributed by atoms with Crippen molar-refractivity contribution in [1.29, 1.82) is 0 Å². The van der Waals surface area contributed by atoms with Gasteiger partial charge in [0.25, 0.3) is 0 Å². The van der Waals surface area contributed by atoms with Gasteiger partial charge in [-0.15, -0.1) is 0 Å². The molecule has 1 fully saturated rings. The number of ether oxygens (including phenoxy) is 1. The maximum absolute atomic E-state index is 13.6. The summed E-state index contributed by atoms with van der Waals surface area (Å²) in [6.45, 7) is 9.71. The van der Waals surface area contributed by atoms with Gasteiger partial charge in [0.05, 0.1) is 12.0 Å². The maximum Gasteiger partial charge on any atom is 0.241 e. The lowest BCUT2D eigenvalue weighted by Gasteiger charge is -2.55. The molecule has 36 heavy (non-hydrogen) atoms. The van der Waals surface area contributed by atoms with Crippen LogP contribution in [0.15, 0.2) is 59.5 Å². The normalized spacial score (nSPS) is 26.0. The Hall–Kier alpha value is -2.37. The van der Waals surface area contributed by atoms with Crippen molar-refractivity contribution in [2.24, 2.45) is 11.3 Å².